The number of hydrogen-bond acceptors (Lipinski definition) is 6. The Labute approximate surface area is 179 Å². The van der Waals surface area contributed by atoms with Crippen molar-refractivity contribution in [3.63, 3.8) is 0 Å². The molecule has 0 radical (unpaired) electrons. The molecule has 0 fully saturated rings. The van der Waals surface area contributed by atoms with Gasteiger partial charge in [0.15, 0.2) is 17.3 Å². The van der Waals surface area contributed by atoms with Gasteiger partial charge in [0.05, 0.1) is 14.2 Å². The van der Waals surface area contributed by atoms with Crippen LogP contribution in [-0.4, -0.2) is 40.3 Å². The first-order valence-corrected chi connectivity index (χ1v) is 10.0. The molecule has 8 heteroatoms. The normalized spacial score (nSPS) is 13.4. The Bertz CT molecular complexity index is 1290. The monoisotopic (exact) mass is 419 g/mol. The van der Waals surface area contributed by atoms with Gasteiger partial charge in [-0.1, -0.05) is 12.1 Å². The van der Waals surface area contributed by atoms with Gasteiger partial charge in [-0.15, -0.1) is 0 Å². The molecule has 7 nitrogen and oxygen atoms in total. The summed E-state index contributed by atoms with van der Waals surface area (Å²) in [5.41, 5.74) is 4.05. The highest BCUT2D eigenvalue weighted by Gasteiger charge is 2.25. The number of aromatic nitrogens is 4. The van der Waals surface area contributed by atoms with E-state index in [1.807, 2.05) is 19.1 Å². The van der Waals surface area contributed by atoms with E-state index in [9.17, 15) is 4.39 Å². The van der Waals surface area contributed by atoms with Gasteiger partial charge in [0, 0.05) is 18.7 Å². The van der Waals surface area contributed by atoms with Crippen molar-refractivity contribution < 1.29 is 13.9 Å². The van der Waals surface area contributed by atoms with Crippen LogP contribution in [0, 0.1) is 12.7 Å². The van der Waals surface area contributed by atoms with E-state index in [4.69, 9.17) is 9.47 Å². The van der Waals surface area contributed by atoms with Crippen molar-refractivity contribution in [2.45, 2.75) is 19.9 Å². The van der Waals surface area contributed by atoms with E-state index in [1.54, 1.807) is 36.9 Å². The minimum Gasteiger partial charge on any atom is -0.493 e. The third-order valence-corrected chi connectivity index (χ3v) is 5.72. The topological polar surface area (TPSA) is 64.8 Å². The number of imidazole rings is 1. The largest absolute Gasteiger partial charge is 0.493 e. The lowest BCUT2D eigenvalue weighted by Crippen LogP contribution is -2.31. The fourth-order valence-corrected chi connectivity index (χ4v) is 4.20. The molecular formula is C23H22FN5O2. The van der Waals surface area contributed by atoms with E-state index < -0.39 is 0 Å². The fourth-order valence-electron chi connectivity index (χ4n) is 4.20. The molecule has 5 rings (SSSR count). The standard InChI is InChI=1S/C23H22FN5O2/c1-14-27-21(17-6-4-5-7-18(17)24)22-23(25-13-26-29(14)22)28-9-8-15-10-19(30-2)20(31-3)11-16(15)12-28/h4-7,10-11,13H,8-9,12H2,1-3H3. The van der Waals surface area contributed by atoms with Crippen LogP contribution in [0.4, 0.5) is 10.2 Å². The Balaban J connectivity index is 1.63. The van der Waals surface area contributed by atoms with E-state index in [0.717, 1.165) is 30.1 Å². The first-order valence-electron chi connectivity index (χ1n) is 10.0. The molecular weight excluding hydrogens is 397 g/mol. The van der Waals surface area contributed by atoms with E-state index in [0.29, 0.717) is 34.9 Å². The quantitative estimate of drug-likeness (QED) is 0.501. The zero-order valence-electron chi connectivity index (χ0n) is 17.6. The number of fused-ring (bicyclic) bond motifs is 2. The molecule has 0 N–H and O–H groups in total. The zero-order valence-corrected chi connectivity index (χ0v) is 17.6. The minimum atomic E-state index is -0.321. The molecule has 2 aromatic carbocycles. The number of halogens is 1. The summed E-state index contributed by atoms with van der Waals surface area (Å²) < 4.78 is 27.3. The Morgan fingerprint density at radius 1 is 1.03 bits per heavy atom. The van der Waals surface area contributed by atoms with Gasteiger partial charge in [0.2, 0.25) is 0 Å². The van der Waals surface area contributed by atoms with Gasteiger partial charge in [0.25, 0.3) is 0 Å². The summed E-state index contributed by atoms with van der Waals surface area (Å²) in [6, 6.07) is 10.7. The third-order valence-electron chi connectivity index (χ3n) is 5.72. The van der Waals surface area contributed by atoms with Gasteiger partial charge in [-0.3, -0.25) is 0 Å². The van der Waals surface area contributed by atoms with Crippen molar-refractivity contribution in [3.05, 3.63) is 65.5 Å². The first-order chi connectivity index (χ1) is 15.1. The molecule has 2 aromatic heterocycles. The maximum absolute atomic E-state index is 14.6. The van der Waals surface area contributed by atoms with Gasteiger partial charge in [-0.05, 0) is 48.7 Å². The van der Waals surface area contributed by atoms with Crippen molar-refractivity contribution in [2.24, 2.45) is 0 Å². The number of anilines is 1. The summed E-state index contributed by atoms with van der Waals surface area (Å²) in [7, 11) is 3.28. The fraction of sp³-hybridized carbons (Fsp3) is 0.261. The SMILES string of the molecule is COc1cc2c(cc1OC)CN(c1ncnn3c(C)nc(-c4ccccc4F)c13)CC2. The lowest BCUT2D eigenvalue weighted by molar-refractivity contribution is 0.353. The second-order valence-electron chi connectivity index (χ2n) is 7.48. The Morgan fingerprint density at radius 2 is 1.77 bits per heavy atom. The number of ether oxygens (including phenoxy) is 2. The molecule has 1 aliphatic rings. The molecule has 0 unspecified atom stereocenters. The number of nitrogens with zero attached hydrogens (tertiary/aromatic N) is 5. The van der Waals surface area contributed by atoms with Crippen molar-refractivity contribution in [1.29, 1.82) is 0 Å². The van der Waals surface area contributed by atoms with Crippen LogP contribution in [0.3, 0.4) is 0 Å². The Morgan fingerprint density at radius 3 is 2.52 bits per heavy atom. The Hall–Kier alpha value is -3.68. The number of methoxy groups -OCH3 is 2. The average molecular weight is 419 g/mol. The predicted octanol–water partition coefficient (Wildman–Crippen LogP) is 3.82. The van der Waals surface area contributed by atoms with Gasteiger partial charge >= 0.3 is 0 Å². The van der Waals surface area contributed by atoms with Crippen LogP contribution in [0.25, 0.3) is 16.8 Å². The maximum Gasteiger partial charge on any atom is 0.161 e. The van der Waals surface area contributed by atoms with E-state index in [-0.39, 0.29) is 5.82 Å². The van der Waals surface area contributed by atoms with Gasteiger partial charge in [-0.2, -0.15) is 5.10 Å². The molecule has 31 heavy (non-hydrogen) atoms. The summed E-state index contributed by atoms with van der Waals surface area (Å²) in [6.45, 7) is 3.26. The predicted molar refractivity (Wildman–Crippen MR) is 115 cm³/mol. The highest BCUT2D eigenvalue weighted by Crippen LogP contribution is 2.37. The molecule has 0 atom stereocenters. The average Bonchev–Trinajstić information content (AvgIpc) is 3.14. The molecule has 0 aliphatic carbocycles. The molecule has 4 aromatic rings. The van der Waals surface area contributed by atoms with Crippen LogP contribution in [-0.2, 0) is 13.0 Å². The van der Waals surface area contributed by atoms with E-state index >= 15 is 0 Å². The Kier molecular flexibility index (Phi) is 4.69. The van der Waals surface area contributed by atoms with Crippen molar-refractivity contribution >= 4 is 11.3 Å². The molecule has 3 heterocycles. The van der Waals surface area contributed by atoms with Crippen LogP contribution < -0.4 is 14.4 Å². The molecule has 0 bridgehead atoms. The summed E-state index contributed by atoms with van der Waals surface area (Å²) in [5, 5.41) is 4.36. The number of hydrogen-bond donors (Lipinski definition) is 0. The maximum atomic E-state index is 14.6. The van der Waals surface area contributed by atoms with Crippen LogP contribution >= 0.6 is 0 Å². The summed E-state index contributed by atoms with van der Waals surface area (Å²) in [4.78, 5) is 11.4. The second-order valence-corrected chi connectivity index (χ2v) is 7.48. The molecule has 0 saturated carbocycles. The highest BCUT2D eigenvalue weighted by atomic mass is 19.1. The smallest absolute Gasteiger partial charge is 0.161 e. The number of aryl methyl sites for hydroxylation is 1. The lowest BCUT2D eigenvalue weighted by atomic mass is 9.98. The van der Waals surface area contributed by atoms with Crippen molar-refractivity contribution in [2.75, 3.05) is 25.7 Å². The number of benzene rings is 2. The van der Waals surface area contributed by atoms with Gasteiger partial charge in [0.1, 0.15) is 29.2 Å². The molecule has 0 amide bonds. The lowest BCUT2D eigenvalue weighted by Gasteiger charge is -2.30. The van der Waals surface area contributed by atoms with E-state index in [2.05, 4.69) is 20.0 Å². The minimum absolute atomic E-state index is 0.321. The zero-order chi connectivity index (χ0) is 21.5. The second kappa shape index (κ2) is 7.54. The number of rotatable bonds is 4. The molecule has 0 spiro atoms. The van der Waals surface area contributed by atoms with Gasteiger partial charge < -0.3 is 14.4 Å². The van der Waals surface area contributed by atoms with Gasteiger partial charge in [-0.25, -0.2) is 18.9 Å². The van der Waals surface area contributed by atoms with Crippen LogP contribution in [0.1, 0.15) is 17.0 Å². The van der Waals surface area contributed by atoms with Crippen molar-refractivity contribution in [1.82, 2.24) is 19.6 Å². The first kappa shape index (κ1) is 19.3. The molecule has 158 valence electrons. The third kappa shape index (κ3) is 3.15. The molecule has 1 aliphatic heterocycles. The van der Waals surface area contributed by atoms with Crippen LogP contribution in [0.5, 0.6) is 11.5 Å². The van der Waals surface area contributed by atoms with E-state index in [1.165, 1.54) is 18.0 Å². The van der Waals surface area contributed by atoms with Crippen LogP contribution in [0.2, 0.25) is 0 Å². The highest BCUT2D eigenvalue weighted by molar-refractivity contribution is 5.86. The van der Waals surface area contributed by atoms with Crippen LogP contribution in [0.15, 0.2) is 42.7 Å². The molecule has 0 saturated heterocycles. The summed E-state index contributed by atoms with van der Waals surface area (Å²) in [6.07, 6.45) is 2.35. The van der Waals surface area contributed by atoms with Crippen molar-refractivity contribution in [3.8, 4) is 22.8 Å². The summed E-state index contributed by atoms with van der Waals surface area (Å²) >= 11 is 0. The summed E-state index contributed by atoms with van der Waals surface area (Å²) in [5.74, 6) is 2.52.